The average molecular weight is 482 g/mol. The van der Waals surface area contributed by atoms with Crippen molar-refractivity contribution in [3.8, 4) is 0 Å². The number of carbonyl (C=O) groups excluding carboxylic acids is 1. The molecule has 1 amide bonds. The number of aromatic nitrogens is 2. The lowest BCUT2D eigenvalue weighted by Crippen LogP contribution is -2.40. The summed E-state index contributed by atoms with van der Waals surface area (Å²) in [5, 5.41) is 3.60. The molecule has 1 atom stereocenters. The monoisotopic (exact) mass is 481 g/mol. The molecule has 1 aliphatic rings. The maximum Gasteiger partial charge on any atom is 0.253 e. The van der Waals surface area contributed by atoms with Crippen molar-refractivity contribution in [1.29, 1.82) is 0 Å². The van der Waals surface area contributed by atoms with Gasteiger partial charge in [0.2, 0.25) is 5.95 Å². The second-order valence-corrected chi connectivity index (χ2v) is 9.81. The first kappa shape index (κ1) is 24.1. The van der Waals surface area contributed by atoms with Gasteiger partial charge >= 0.3 is 0 Å². The number of benzene rings is 3. The molecule has 186 valence electrons. The van der Waals surface area contributed by atoms with Crippen LogP contribution in [-0.4, -0.2) is 64.9 Å². The minimum Gasteiger partial charge on any atom is -0.353 e. The van der Waals surface area contributed by atoms with Crippen molar-refractivity contribution >= 4 is 22.9 Å². The normalized spacial score (nSPS) is 15.6. The molecule has 4 aromatic rings. The number of imidazole rings is 1. The highest BCUT2D eigenvalue weighted by atomic mass is 16.2. The standard InChI is InChI=1S/C30H35N5O/c1-34(29(36)24-12-6-3-7-13-24)22-25(23-10-4-2-5-11-23)16-19-35-20-17-26(18-21-35)31-30-32-27-14-8-9-15-28(27)33-30/h2-15,25-26H,16-22H2,1H3,(H2,31,32,33). The summed E-state index contributed by atoms with van der Waals surface area (Å²) in [6, 6.07) is 28.8. The van der Waals surface area contributed by atoms with Gasteiger partial charge in [0.25, 0.3) is 5.91 Å². The number of carbonyl (C=O) groups is 1. The van der Waals surface area contributed by atoms with Gasteiger partial charge in [0, 0.05) is 44.2 Å². The van der Waals surface area contributed by atoms with E-state index in [0.717, 1.165) is 61.4 Å². The molecule has 6 heteroatoms. The zero-order chi connectivity index (χ0) is 24.7. The van der Waals surface area contributed by atoms with E-state index < -0.39 is 0 Å². The van der Waals surface area contributed by atoms with E-state index in [4.69, 9.17) is 0 Å². The van der Waals surface area contributed by atoms with Gasteiger partial charge in [-0.05, 0) is 55.6 Å². The number of anilines is 1. The zero-order valence-electron chi connectivity index (χ0n) is 20.9. The molecular formula is C30H35N5O. The highest BCUT2D eigenvalue weighted by Crippen LogP contribution is 2.24. The van der Waals surface area contributed by atoms with E-state index >= 15 is 0 Å². The first-order valence-electron chi connectivity index (χ1n) is 12.9. The van der Waals surface area contributed by atoms with Crippen molar-refractivity contribution < 1.29 is 4.79 Å². The molecule has 1 unspecified atom stereocenters. The second kappa shape index (κ2) is 11.4. The van der Waals surface area contributed by atoms with Crippen LogP contribution in [0.15, 0.2) is 84.9 Å². The van der Waals surface area contributed by atoms with Crippen molar-refractivity contribution in [3.63, 3.8) is 0 Å². The molecule has 2 N–H and O–H groups in total. The molecule has 0 radical (unpaired) electrons. The van der Waals surface area contributed by atoms with Crippen molar-refractivity contribution in [2.75, 3.05) is 38.5 Å². The highest BCUT2D eigenvalue weighted by molar-refractivity contribution is 5.94. The molecule has 0 aliphatic carbocycles. The number of fused-ring (bicyclic) bond motifs is 1. The topological polar surface area (TPSA) is 64.3 Å². The third kappa shape index (κ3) is 5.94. The van der Waals surface area contributed by atoms with Crippen molar-refractivity contribution in [3.05, 3.63) is 96.1 Å². The predicted octanol–water partition coefficient (Wildman–Crippen LogP) is 5.39. The summed E-state index contributed by atoms with van der Waals surface area (Å²) in [6.07, 6.45) is 3.22. The second-order valence-electron chi connectivity index (χ2n) is 9.81. The van der Waals surface area contributed by atoms with Gasteiger partial charge in [-0.25, -0.2) is 4.98 Å². The maximum atomic E-state index is 13.0. The molecule has 36 heavy (non-hydrogen) atoms. The molecule has 3 aromatic carbocycles. The van der Waals surface area contributed by atoms with Crippen LogP contribution >= 0.6 is 0 Å². The zero-order valence-corrected chi connectivity index (χ0v) is 20.9. The van der Waals surface area contributed by atoms with Gasteiger partial charge in [0.1, 0.15) is 0 Å². The number of amides is 1. The lowest BCUT2D eigenvalue weighted by Gasteiger charge is -2.33. The fraction of sp³-hybridized carbons (Fsp3) is 0.333. The third-order valence-electron chi connectivity index (χ3n) is 7.24. The first-order chi connectivity index (χ1) is 17.7. The van der Waals surface area contributed by atoms with Crippen LogP contribution < -0.4 is 5.32 Å². The van der Waals surface area contributed by atoms with E-state index in [0.29, 0.717) is 18.5 Å². The van der Waals surface area contributed by atoms with Gasteiger partial charge in [0.15, 0.2) is 0 Å². The van der Waals surface area contributed by atoms with Crippen LogP contribution in [0.4, 0.5) is 5.95 Å². The van der Waals surface area contributed by atoms with Crippen molar-refractivity contribution in [1.82, 2.24) is 19.8 Å². The Morgan fingerprint density at radius 2 is 1.67 bits per heavy atom. The number of hydrogen-bond donors (Lipinski definition) is 2. The van der Waals surface area contributed by atoms with Crippen LogP contribution in [-0.2, 0) is 0 Å². The largest absolute Gasteiger partial charge is 0.353 e. The van der Waals surface area contributed by atoms with E-state index in [-0.39, 0.29) is 5.91 Å². The number of para-hydroxylation sites is 2. The fourth-order valence-electron chi connectivity index (χ4n) is 5.16. The molecule has 0 bridgehead atoms. The van der Waals surface area contributed by atoms with Crippen LogP contribution in [0.5, 0.6) is 0 Å². The van der Waals surface area contributed by atoms with Crippen LogP contribution in [0.2, 0.25) is 0 Å². The Kier molecular flexibility index (Phi) is 7.62. The summed E-state index contributed by atoms with van der Waals surface area (Å²) in [5.74, 6) is 1.24. The molecular weight excluding hydrogens is 446 g/mol. The van der Waals surface area contributed by atoms with Crippen molar-refractivity contribution in [2.45, 2.75) is 31.2 Å². The molecule has 2 heterocycles. The number of rotatable bonds is 9. The third-order valence-corrected chi connectivity index (χ3v) is 7.24. The van der Waals surface area contributed by atoms with Crippen molar-refractivity contribution in [2.24, 2.45) is 0 Å². The van der Waals surface area contributed by atoms with Gasteiger partial charge in [-0.15, -0.1) is 0 Å². The Hall–Kier alpha value is -3.64. The number of nitrogens with zero attached hydrogens (tertiary/aromatic N) is 3. The summed E-state index contributed by atoms with van der Waals surface area (Å²) in [5.41, 5.74) is 4.11. The minimum absolute atomic E-state index is 0.0778. The van der Waals surface area contributed by atoms with E-state index in [2.05, 4.69) is 56.6 Å². The molecule has 1 aliphatic heterocycles. The van der Waals surface area contributed by atoms with E-state index in [1.807, 2.05) is 60.5 Å². The SMILES string of the molecule is CN(CC(CCN1CCC(Nc2nc3ccccc3[nH]2)CC1)c1ccccc1)C(=O)c1ccccc1. The number of likely N-dealkylation sites (tertiary alicyclic amines) is 1. The van der Waals surface area contributed by atoms with Gasteiger partial charge < -0.3 is 20.1 Å². The van der Waals surface area contributed by atoms with Gasteiger partial charge in [-0.3, -0.25) is 4.79 Å². The number of aromatic amines is 1. The number of piperidine rings is 1. The Bertz CT molecular complexity index is 1220. The molecule has 5 rings (SSSR count). The van der Waals surface area contributed by atoms with Crippen LogP contribution in [0.3, 0.4) is 0 Å². The molecule has 1 fully saturated rings. The number of nitrogens with one attached hydrogen (secondary N) is 2. The minimum atomic E-state index is 0.0778. The first-order valence-corrected chi connectivity index (χ1v) is 12.9. The summed E-state index contributed by atoms with van der Waals surface area (Å²) < 4.78 is 0. The Morgan fingerprint density at radius 3 is 2.39 bits per heavy atom. The van der Waals surface area contributed by atoms with Crippen LogP contribution in [0.25, 0.3) is 11.0 Å². The predicted molar refractivity (Wildman–Crippen MR) is 146 cm³/mol. The molecule has 1 saturated heterocycles. The summed E-state index contributed by atoms with van der Waals surface area (Å²) in [4.78, 5) is 25.4. The van der Waals surface area contributed by atoms with E-state index in [1.165, 1.54) is 5.56 Å². The highest BCUT2D eigenvalue weighted by Gasteiger charge is 2.23. The Balaban J connectivity index is 1.15. The van der Waals surface area contributed by atoms with Crippen LogP contribution in [0.1, 0.15) is 41.1 Å². The van der Waals surface area contributed by atoms with E-state index in [1.54, 1.807) is 0 Å². The van der Waals surface area contributed by atoms with Gasteiger partial charge in [-0.1, -0.05) is 60.7 Å². The summed E-state index contributed by atoms with van der Waals surface area (Å²) in [7, 11) is 1.92. The number of likely N-dealkylation sites (N-methyl/N-ethyl adjacent to an activating group) is 1. The molecule has 0 saturated carbocycles. The smallest absolute Gasteiger partial charge is 0.253 e. The molecule has 6 nitrogen and oxygen atoms in total. The summed E-state index contributed by atoms with van der Waals surface area (Å²) >= 11 is 0. The Morgan fingerprint density at radius 1 is 1.00 bits per heavy atom. The van der Waals surface area contributed by atoms with Crippen LogP contribution in [0, 0.1) is 0 Å². The van der Waals surface area contributed by atoms with Gasteiger partial charge in [-0.2, -0.15) is 0 Å². The van der Waals surface area contributed by atoms with Gasteiger partial charge in [0.05, 0.1) is 11.0 Å². The average Bonchev–Trinajstić information content (AvgIpc) is 3.34. The Labute approximate surface area is 213 Å². The maximum absolute atomic E-state index is 13.0. The lowest BCUT2D eigenvalue weighted by atomic mass is 9.94. The number of H-pyrrole nitrogens is 1. The summed E-state index contributed by atoms with van der Waals surface area (Å²) in [6.45, 7) is 3.88. The number of hydrogen-bond acceptors (Lipinski definition) is 4. The quantitative estimate of drug-likeness (QED) is 0.337. The lowest BCUT2D eigenvalue weighted by molar-refractivity contribution is 0.0782. The van der Waals surface area contributed by atoms with E-state index in [9.17, 15) is 4.79 Å². The molecule has 1 aromatic heterocycles. The molecule has 0 spiro atoms. The fourth-order valence-corrected chi connectivity index (χ4v) is 5.16.